The third-order valence-corrected chi connectivity index (χ3v) is 7.95. The Balaban J connectivity index is 1.50. The van der Waals surface area contributed by atoms with Gasteiger partial charge in [0.05, 0.1) is 23.4 Å². The lowest BCUT2D eigenvalue weighted by molar-refractivity contribution is 0.0762. The van der Waals surface area contributed by atoms with Gasteiger partial charge in [-0.05, 0) is 60.4 Å². The van der Waals surface area contributed by atoms with Gasteiger partial charge in [-0.2, -0.15) is 0 Å². The SMILES string of the molecule is O=C(c1ncc(Nc2cccc(F)c2)c2c1C1CCC2C1)N1CCS(=O)(=O)CC1. The molecule has 29 heavy (non-hydrogen) atoms. The van der Waals surface area contributed by atoms with E-state index >= 15 is 0 Å². The fraction of sp³-hybridized carbons (Fsp3) is 0.429. The van der Waals surface area contributed by atoms with Crippen molar-refractivity contribution < 1.29 is 17.6 Å². The predicted octanol–water partition coefficient (Wildman–Crippen LogP) is 3.20. The summed E-state index contributed by atoms with van der Waals surface area (Å²) < 4.78 is 37.0. The normalized spacial score (nSPS) is 24.4. The number of sulfone groups is 1. The van der Waals surface area contributed by atoms with Gasteiger partial charge >= 0.3 is 0 Å². The molecule has 2 fully saturated rings. The molecular weight excluding hydrogens is 393 g/mol. The van der Waals surface area contributed by atoms with E-state index in [-0.39, 0.29) is 36.3 Å². The first-order valence-electron chi connectivity index (χ1n) is 9.96. The number of nitrogens with one attached hydrogen (secondary N) is 1. The Morgan fingerprint density at radius 2 is 1.86 bits per heavy atom. The minimum Gasteiger partial charge on any atom is -0.354 e. The zero-order valence-corrected chi connectivity index (χ0v) is 16.7. The maximum atomic E-state index is 13.6. The van der Waals surface area contributed by atoms with Gasteiger partial charge in [-0.25, -0.2) is 17.8 Å². The summed E-state index contributed by atoms with van der Waals surface area (Å²) in [4.78, 5) is 19.3. The van der Waals surface area contributed by atoms with Crippen molar-refractivity contribution in [2.45, 2.75) is 31.1 Å². The van der Waals surface area contributed by atoms with E-state index in [1.165, 1.54) is 12.1 Å². The van der Waals surface area contributed by atoms with Crippen LogP contribution >= 0.6 is 0 Å². The molecule has 1 aliphatic heterocycles. The molecule has 1 saturated carbocycles. The largest absolute Gasteiger partial charge is 0.354 e. The van der Waals surface area contributed by atoms with Crippen LogP contribution in [0.5, 0.6) is 0 Å². The molecule has 5 rings (SSSR count). The molecule has 2 bridgehead atoms. The third-order valence-electron chi connectivity index (χ3n) is 6.35. The van der Waals surface area contributed by atoms with Crippen LogP contribution in [-0.2, 0) is 9.84 Å². The van der Waals surface area contributed by atoms with Crippen LogP contribution in [0.25, 0.3) is 0 Å². The first kappa shape index (κ1) is 18.5. The molecule has 0 radical (unpaired) electrons. The van der Waals surface area contributed by atoms with Gasteiger partial charge < -0.3 is 10.2 Å². The van der Waals surface area contributed by atoms with Crippen molar-refractivity contribution in [1.29, 1.82) is 0 Å². The highest BCUT2D eigenvalue weighted by Gasteiger charge is 2.42. The molecule has 2 atom stereocenters. The molecule has 2 aromatic rings. The first-order chi connectivity index (χ1) is 13.9. The molecule has 1 saturated heterocycles. The number of hydrogen-bond donors (Lipinski definition) is 1. The van der Waals surface area contributed by atoms with Crippen LogP contribution in [0.4, 0.5) is 15.8 Å². The van der Waals surface area contributed by atoms with Gasteiger partial charge in [0.25, 0.3) is 5.91 Å². The molecule has 1 aromatic carbocycles. The summed E-state index contributed by atoms with van der Waals surface area (Å²) in [5.41, 5.74) is 4.05. The number of rotatable bonds is 3. The Morgan fingerprint density at radius 1 is 1.14 bits per heavy atom. The van der Waals surface area contributed by atoms with Crippen LogP contribution in [0.3, 0.4) is 0 Å². The molecule has 6 nitrogen and oxygen atoms in total. The van der Waals surface area contributed by atoms with Crippen LogP contribution < -0.4 is 5.32 Å². The average Bonchev–Trinajstić information content (AvgIpc) is 3.30. The number of amides is 1. The van der Waals surface area contributed by atoms with E-state index in [0.717, 1.165) is 36.1 Å². The molecule has 2 aliphatic carbocycles. The molecule has 8 heteroatoms. The van der Waals surface area contributed by atoms with Gasteiger partial charge in [-0.3, -0.25) is 4.79 Å². The Bertz CT molecular complexity index is 1090. The van der Waals surface area contributed by atoms with Crippen molar-refractivity contribution in [2.75, 3.05) is 29.9 Å². The number of carbonyl (C=O) groups is 1. The van der Waals surface area contributed by atoms with Gasteiger partial charge in [0.15, 0.2) is 9.84 Å². The summed E-state index contributed by atoms with van der Waals surface area (Å²) in [7, 11) is -3.05. The highest BCUT2D eigenvalue weighted by molar-refractivity contribution is 7.91. The highest BCUT2D eigenvalue weighted by atomic mass is 32.2. The second kappa shape index (κ2) is 6.79. The van der Waals surface area contributed by atoms with Gasteiger partial charge in [0.1, 0.15) is 11.5 Å². The molecular formula is C21H22FN3O3S. The molecule has 1 aromatic heterocycles. The van der Waals surface area contributed by atoms with Crippen LogP contribution in [0.1, 0.15) is 52.7 Å². The maximum absolute atomic E-state index is 13.6. The van der Waals surface area contributed by atoms with Crippen LogP contribution in [0.2, 0.25) is 0 Å². The van der Waals surface area contributed by atoms with Gasteiger partial charge in [-0.15, -0.1) is 0 Å². The van der Waals surface area contributed by atoms with E-state index in [1.807, 2.05) is 0 Å². The minimum atomic E-state index is -3.05. The molecule has 152 valence electrons. The number of anilines is 2. The number of hydrogen-bond acceptors (Lipinski definition) is 5. The summed E-state index contributed by atoms with van der Waals surface area (Å²) in [5, 5.41) is 3.28. The fourth-order valence-corrected chi connectivity index (χ4v) is 6.16. The molecule has 0 spiro atoms. The second-order valence-corrected chi connectivity index (χ2v) is 10.4. The number of fused-ring (bicyclic) bond motifs is 5. The summed E-state index contributed by atoms with van der Waals surface area (Å²) in [6.07, 6.45) is 4.79. The Hall–Kier alpha value is -2.48. The standard InChI is InChI=1S/C21H22FN3O3S/c22-15-2-1-3-16(11-15)24-17-12-23-20(19-14-5-4-13(10-14)18(17)19)21(26)25-6-8-29(27,28)9-7-25/h1-3,11-14,24H,4-10H2. The van der Waals surface area contributed by atoms with Crippen molar-refractivity contribution in [2.24, 2.45) is 0 Å². The zero-order chi connectivity index (χ0) is 20.2. The Labute approximate surface area is 169 Å². The molecule has 2 unspecified atom stereocenters. The van der Waals surface area contributed by atoms with Crippen LogP contribution in [0, 0.1) is 5.82 Å². The number of pyridine rings is 1. The summed E-state index contributed by atoms with van der Waals surface area (Å²) in [5.74, 6) is 0.207. The summed E-state index contributed by atoms with van der Waals surface area (Å²) >= 11 is 0. The lowest BCUT2D eigenvalue weighted by Crippen LogP contribution is -2.44. The number of nitrogens with zero attached hydrogens (tertiary/aromatic N) is 2. The monoisotopic (exact) mass is 415 g/mol. The molecule has 1 N–H and O–H groups in total. The highest BCUT2D eigenvalue weighted by Crippen LogP contribution is 2.56. The van der Waals surface area contributed by atoms with Crippen LogP contribution in [-0.4, -0.2) is 48.8 Å². The summed E-state index contributed by atoms with van der Waals surface area (Å²) in [6, 6.07) is 6.29. The van der Waals surface area contributed by atoms with E-state index in [4.69, 9.17) is 0 Å². The average molecular weight is 415 g/mol. The number of aromatic nitrogens is 1. The second-order valence-electron chi connectivity index (χ2n) is 8.13. The number of carbonyl (C=O) groups excluding carboxylic acids is 1. The molecule has 2 heterocycles. The Kier molecular flexibility index (Phi) is 4.34. The lowest BCUT2D eigenvalue weighted by Gasteiger charge is -2.28. The fourth-order valence-electron chi connectivity index (χ4n) is 4.96. The number of halogens is 1. The third kappa shape index (κ3) is 3.29. The van der Waals surface area contributed by atoms with Gasteiger partial charge in [0, 0.05) is 18.8 Å². The van der Waals surface area contributed by atoms with Gasteiger partial charge in [-0.1, -0.05) is 6.07 Å². The van der Waals surface area contributed by atoms with Crippen molar-refractivity contribution in [3.63, 3.8) is 0 Å². The molecule has 1 amide bonds. The van der Waals surface area contributed by atoms with E-state index in [2.05, 4.69) is 10.3 Å². The molecule has 3 aliphatic rings. The maximum Gasteiger partial charge on any atom is 0.272 e. The van der Waals surface area contributed by atoms with E-state index < -0.39 is 9.84 Å². The van der Waals surface area contributed by atoms with Crippen molar-refractivity contribution in [3.8, 4) is 0 Å². The van der Waals surface area contributed by atoms with E-state index in [9.17, 15) is 17.6 Å². The van der Waals surface area contributed by atoms with Gasteiger partial charge in [0.2, 0.25) is 0 Å². The predicted molar refractivity (Wildman–Crippen MR) is 108 cm³/mol. The van der Waals surface area contributed by atoms with Crippen molar-refractivity contribution in [3.05, 3.63) is 53.1 Å². The van der Waals surface area contributed by atoms with Crippen LogP contribution in [0.15, 0.2) is 30.5 Å². The Morgan fingerprint density at radius 3 is 2.59 bits per heavy atom. The van der Waals surface area contributed by atoms with E-state index in [1.54, 1.807) is 23.2 Å². The quantitative estimate of drug-likeness (QED) is 0.833. The topological polar surface area (TPSA) is 79.4 Å². The van der Waals surface area contributed by atoms with E-state index in [0.29, 0.717) is 23.2 Å². The number of benzene rings is 1. The van der Waals surface area contributed by atoms with Crippen molar-refractivity contribution in [1.82, 2.24) is 9.88 Å². The summed E-state index contributed by atoms with van der Waals surface area (Å²) in [6.45, 7) is 0.435. The zero-order valence-electron chi connectivity index (χ0n) is 15.9. The first-order valence-corrected chi connectivity index (χ1v) is 11.8. The van der Waals surface area contributed by atoms with Crippen molar-refractivity contribution >= 4 is 27.1 Å². The minimum absolute atomic E-state index is 0.00615. The smallest absolute Gasteiger partial charge is 0.272 e. The lowest BCUT2D eigenvalue weighted by atomic mass is 9.89.